The van der Waals surface area contributed by atoms with Crippen LogP contribution in [0.4, 0.5) is 24.7 Å². The number of alkyl halides is 3. The van der Waals surface area contributed by atoms with E-state index < -0.39 is 18.1 Å². The minimum Gasteiger partial charge on any atom is -0.461 e. The Balaban J connectivity index is 1.19. The third-order valence-electron chi connectivity index (χ3n) is 10.5. The number of hydrogen-bond donors (Lipinski definition) is 0. The number of fused-ring (bicyclic) bond motifs is 2. The molecule has 0 bridgehead atoms. The van der Waals surface area contributed by atoms with E-state index in [9.17, 15) is 23.2 Å². The van der Waals surface area contributed by atoms with Crippen molar-refractivity contribution >= 4 is 39.8 Å². The van der Waals surface area contributed by atoms with Crippen molar-refractivity contribution in [2.24, 2.45) is 0 Å². The largest absolute Gasteiger partial charge is 0.461 e. The first-order valence-corrected chi connectivity index (χ1v) is 17.5. The molecule has 3 fully saturated rings. The standard InChI is InChI=1S/C36H40ClF3N8O2/c1-44-16-19-47(20-17-44)35(12-13-35)24-50-34-42-29-23-45(30-7-3-5-25-4-2-6-28(37)32(25)30)15-10-27(29)33(43-34)46-18-21-48(26(22-46)9-14-41)31(49)8-11-36(38,39)40/h2-8,11,26H,9-10,12-13,15-24H2,1H3/b11-8+/t26-/m0/s1. The van der Waals surface area contributed by atoms with Gasteiger partial charge in [-0.15, -0.1) is 0 Å². The number of allylic oxidation sites excluding steroid dienone is 1. The summed E-state index contributed by atoms with van der Waals surface area (Å²) in [5.74, 6) is -0.0788. The Kier molecular flexibility index (Phi) is 9.54. The number of rotatable bonds is 8. The van der Waals surface area contributed by atoms with Gasteiger partial charge in [-0.1, -0.05) is 35.9 Å². The maximum Gasteiger partial charge on any atom is 0.409 e. The van der Waals surface area contributed by atoms with Gasteiger partial charge in [-0.05, 0) is 43.8 Å². The van der Waals surface area contributed by atoms with Gasteiger partial charge >= 0.3 is 12.2 Å². The number of carbonyl (C=O) groups is 1. The fraction of sp³-hybridized carbons (Fsp3) is 0.500. The lowest BCUT2D eigenvalue weighted by molar-refractivity contribution is -0.129. The highest BCUT2D eigenvalue weighted by molar-refractivity contribution is 6.36. The highest BCUT2D eigenvalue weighted by atomic mass is 35.5. The summed E-state index contributed by atoms with van der Waals surface area (Å²) in [5.41, 5.74) is 2.78. The first-order chi connectivity index (χ1) is 24.0. The quantitative estimate of drug-likeness (QED) is 0.298. The summed E-state index contributed by atoms with van der Waals surface area (Å²) in [4.78, 5) is 33.3. The van der Waals surface area contributed by atoms with E-state index >= 15 is 0 Å². The minimum absolute atomic E-state index is 0.0259. The monoisotopic (exact) mass is 708 g/mol. The lowest BCUT2D eigenvalue weighted by Gasteiger charge is -2.42. The van der Waals surface area contributed by atoms with Crippen molar-refractivity contribution in [2.75, 3.05) is 75.8 Å². The van der Waals surface area contributed by atoms with Crippen molar-refractivity contribution in [3.05, 3.63) is 64.8 Å². The Morgan fingerprint density at radius 2 is 1.82 bits per heavy atom. The smallest absolute Gasteiger partial charge is 0.409 e. The number of likely N-dealkylation sites (N-methyl/N-ethyl adjacent to an activating group) is 1. The van der Waals surface area contributed by atoms with Crippen LogP contribution in [0.3, 0.4) is 0 Å². The van der Waals surface area contributed by atoms with Gasteiger partial charge in [0.2, 0.25) is 5.91 Å². The maximum atomic E-state index is 12.8. The molecule has 10 nitrogen and oxygen atoms in total. The molecule has 3 aromatic rings. The highest BCUT2D eigenvalue weighted by Crippen LogP contribution is 2.43. The van der Waals surface area contributed by atoms with Crippen molar-refractivity contribution in [3.8, 4) is 12.1 Å². The van der Waals surface area contributed by atoms with Crippen molar-refractivity contribution < 1.29 is 22.7 Å². The lowest BCUT2D eigenvalue weighted by atomic mass is 10.0. The van der Waals surface area contributed by atoms with Crippen LogP contribution in [0, 0.1) is 11.3 Å². The molecule has 4 aliphatic rings. The van der Waals surface area contributed by atoms with Gasteiger partial charge in [0.15, 0.2) is 0 Å². The van der Waals surface area contributed by atoms with Crippen LogP contribution in [0.15, 0.2) is 48.6 Å². The molecule has 1 atom stereocenters. The van der Waals surface area contributed by atoms with E-state index in [0.717, 1.165) is 66.7 Å². The first-order valence-electron chi connectivity index (χ1n) is 17.1. The zero-order valence-electron chi connectivity index (χ0n) is 28.0. The molecule has 1 saturated carbocycles. The molecule has 0 radical (unpaired) electrons. The first kappa shape index (κ1) is 34.3. The summed E-state index contributed by atoms with van der Waals surface area (Å²) in [5, 5.41) is 12.3. The molecule has 1 aromatic heterocycles. The van der Waals surface area contributed by atoms with Crippen molar-refractivity contribution in [3.63, 3.8) is 0 Å². The number of benzene rings is 2. The molecule has 7 rings (SSSR count). The minimum atomic E-state index is -4.60. The molecule has 0 unspecified atom stereocenters. The predicted octanol–water partition coefficient (Wildman–Crippen LogP) is 5.05. The van der Waals surface area contributed by atoms with E-state index in [-0.39, 0.29) is 37.1 Å². The molecule has 2 saturated heterocycles. The van der Waals surface area contributed by atoms with Gasteiger partial charge in [-0.25, -0.2) is 0 Å². The Morgan fingerprint density at radius 3 is 2.54 bits per heavy atom. The molecule has 0 N–H and O–H groups in total. The topological polar surface area (TPSA) is 92.1 Å². The van der Waals surface area contributed by atoms with E-state index in [1.165, 1.54) is 4.90 Å². The average molecular weight is 709 g/mol. The zero-order valence-corrected chi connectivity index (χ0v) is 28.8. The summed E-state index contributed by atoms with van der Waals surface area (Å²) >= 11 is 6.71. The van der Waals surface area contributed by atoms with Crippen LogP contribution in [0.5, 0.6) is 6.01 Å². The fourth-order valence-electron chi connectivity index (χ4n) is 7.52. The second-order valence-corrected chi connectivity index (χ2v) is 14.1. The van der Waals surface area contributed by atoms with Gasteiger partial charge in [0.25, 0.3) is 0 Å². The zero-order chi connectivity index (χ0) is 35.0. The molecule has 4 heterocycles. The third kappa shape index (κ3) is 7.20. The Labute approximate surface area is 294 Å². The van der Waals surface area contributed by atoms with E-state index in [0.29, 0.717) is 49.6 Å². The van der Waals surface area contributed by atoms with Gasteiger partial charge in [-0.2, -0.15) is 28.4 Å². The number of amides is 1. The number of aromatic nitrogens is 2. The molecule has 50 heavy (non-hydrogen) atoms. The summed E-state index contributed by atoms with van der Waals surface area (Å²) in [6, 6.07) is 13.8. The van der Waals surface area contributed by atoms with Gasteiger partial charge < -0.3 is 24.3 Å². The molecular weight excluding hydrogens is 669 g/mol. The van der Waals surface area contributed by atoms with Crippen LogP contribution in [0.1, 0.15) is 30.5 Å². The van der Waals surface area contributed by atoms with Crippen molar-refractivity contribution in [2.45, 2.75) is 50.0 Å². The number of ether oxygens (including phenoxy) is 1. The van der Waals surface area contributed by atoms with Crippen LogP contribution in [0.2, 0.25) is 5.02 Å². The lowest BCUT2D eigenvalue weighted by Crippen LogP contribution is -2.55. The Morgan fingerprint density at radius 1 is 1.06 bits per heavy atom. The molecular formula is C36H40ClF3N8O2. The highest BCUT2D eigenvalue weighted by Gasteiger charge is 2.49. The second-order valence-electron chi connectivity index (χ2n) is 13.7. The molecule has 264 valence electrons. The maximum absolute atomic E-state index is 12.8. The molecule has 0 spiro atoms. The number of anilines is 2. The van der Waals surface area contributed by atoms with Crippen LogP contribution in [0.25, 0.3) is 10.8 Å². The van der Waals surface area contributed by atoms with Crippen LogP contribution in [-0.2, 0) is 17.8 Å². The van der Waals surface area contributed by atoms with E-state index in [1.54, 1.807) is 0 Å². The van der Waals surface area contributed by atoms with E-state index in [2.05, 4.69) is 33.9 Å². The van der Waals surface area contributed by atoms with E-state index in [1.807, 2.05) is 35.2 Å². The average Bonchev–Trinajstić information content (AvgIpc) is 3.90. The number of halogens is 4. The number of nitrogens with zero attached hydrogens (tertiary/aromatic N) is 8. The summed E-state index contributed by atoms with van der Waals surface area (Å²) < 4.78 is 45.0. The second kappa shape index (κ2) is 13.9. The molecule has 1 aliphatic carbocycles. The number of nitriles is 1. The number of carbonyl (C=O) groups excluding carboxylic acids is 1. The molecule has 1 amide bonds. The Hall–Kier alpha value is -4.12. The van der Waals surface area contributed by atoms with Gasteiger partial charge in [0.1, 0.15) is 12.4 Å². The van der Waals surface area contributed by atoms with Gasteiger partial charge in [0.05, 0.1) is 41.3 Å². The predicted molar refractivity (Wildman–Crippen MR) is 185 cm³/mol. The summed E-state index contributed by atoms with van der Waals surface area (Å²) in [6.45, 7) is 6.39. The van der Waals surface area contributed by atoms with Crippen molar-refractivity contribution in [1.29, 1.82) is 5.26 Å². The molecule has 2 aromatic carbocycles. The van der Waals surface area contributed by atoms with E-state index in [4.69, 9.17) is 26.3 Å². The van der Waals surface area contributed by atoms with Crippen LogP contribution in [-0.4, -0.2) is 114 Å². The van der Waals surface area contributed by atoms with Crippen LogP contribution < -0.4 is 14.5 Å². The van der Waals surface area contributed by atoms with Crippen LogP contribution >= 0.6 is 11.6 Å². The Bertz CT molecular complexity index is 1810. The third-order valence-corrected chi connectivity index (χ3v) is 10.8. The number of hydrogen-bond acceptors (Lipinski definition) is 9. The normalized spacial score (nSPS) is 21.4. The fourth-order valence-corrected chi connectivity index (χ4v) is 7.79. The number of piperazine rings is 2. The van der Waals surface area contributed by atoms with Crippen molar-refractivity contribution in [1.82, 2.24) is 24.7 Å². The molecule has 3 aliphatic heterocycles. The molecule has 14 heteroatoms. The summed E-state index contributed by atoms with van der Waals surface area (Å²) in [7, 11) is 2.14. The van der Waals surface area contributed by atoms with Gasteiger partial charge in [-0.3, -0.25) is 9.69 Å². The van der Waals surface area contributed by atoms with Gasteiger partial charge in [0, 0.05) is 81.1 Å². The summed E-state index contributed by atoms with van der Waals surface area (Å²) in [6.07, 6.45) is -1.40. The SMILES string of the molecule is CN1CCN(C2(COc3nc4c(c(N5CCN(C(=O)/C=C/C(F)(F)F)[C@@H](CC#N)C5)n3)CCN(c3cccc5cccc(Cl)c35)C4)CC2)CC1.